The first kappa shape index (κ1) is 34.0. The summed E-state index contributed by atoms with van der Waals surface area (Å²) < 4.78 is 2.05. The monoisotopic (exact) mass is 623 g/mol. The van der Waals surface area contributed by atoms with Crippen molar-refractivity contribution in [2.24, 2.45) is 0 Å². The molecular formula is C26H30ClN5O9S. The molecule has 1 aromatic carbocycles. The summed E-state index contributed by atoms with van der Waals surface area (Å²) in [5, 5.41) is 39.7. The van der Waals surface area contributed by atoms with Crippen molar-refractivity contribution in [2.45, 2.75) is 26.8 Å². The van der Waals surface area contributed by atoms with Crippen LogP contribution in [0.4, 0.5) is 0 Å². The number of carboxylic acid groups (broad SMARTS) is 4. The van der Waals surface area contributed by atoms with Crippen molar-refractivity contribution in [3.05, 3.63) is 63.0 Å². The van der Waals surface area contributed by atoms with E-state index >= 15 is 0 Å². The van der Waals surface area contributed by atoms with Gasteiger partial charge in [-0.2, -0.15) is 0 Å². The number of carbonyl (C=O) groups excluding carboxylic acids is 1. The summed E-state index contributed by atoms with van der Waals surface area (Å²) in [6.07, 6.45) is 0.864. The van der Waals surface area contributed by atoms with E-state index in [2.05, 4.69) is 34.0 Å². The lowest BCUT2D eigenvalue weighted by Gasteiger charge is -2.31. The molecule has 0 spiro atoms. The molecule has 3 heterocycles. The molecule has 1 aliphatic heterocycles. The average molecular weight is 624 g/mol. The number of likely N-dealkylation sites (N-methyl/N-ethyl adjacent to an activating group) is 1. The van der Waals surface area contributed by atoms with Gasteiger partial charge in [0.1, 0.15) is 10.8 Å². The van der Waals surface area contributed by atoms with Crippen LogP contribution in [0.1, 0.15) is 39.4 Å². The quantitative estimate of drug-likeness (QED) is 0.230. The molecule has 0 atom stereocenters. The number of piperazine rings is 1. The third-order valence-corrected chi connectivity index (χ3v) is 7.49. The minimum Gasteiger partial charge on any atom is -0.473 e. The van der Waals surface area contributed by atoms with Gasteiger partial charge in [0.05, 0.1) is 17.1 Å². The van der Waals surface area contributed by atoms with E-state index in [-0.39, 0.29) is 5.78 Å². The van der Waals surface area contributed by atoms with Crippen molar-refractivity contribution in [3.8, 4) is 5.00 Å². The summed E-state index contributed by atoms with van der Waals surface area (Å²) in [4.78, 5) is 55.7. The number of hydrogen-bond acceptors (Lipinski definition) is 10. The highest BCUT2D eigenvalue weighted by molar-refractivity contribution is 7.15. The highest BCUT2D eigenvalue weighted by atomic mass is 35.5. The summed E-state index contributed by atoms with van der Waals surface area (Å²) in [6, 6.07) is 9.20. The second kappa shape index (κ2) is 15.7. The van der Waals surface area contributed by atoms with E-state index in [4.69, 9.17) is 51.2 Å². The second-order valence-electron chi connectivity index (χ2n) is 8.89. The molecule has 0 unspecified atom stereocenters. The minimum atomic E-state index is -1.82. The molecule has 16 heteroatoms. The molecule has 0 saturated carbocycles. The maximum Gasteiger partial charge on any atom is 0.414 e. The highest BCUT2D eigenvalue weighted by Crippen LogP contribution is 2.32. The Morgan fingerprint density at radius 1 is 0.881 bits per heavy atom. The van der Waals surface area contributed by atoms with Gasteiger partial charge >= 0.3 is 23.9 Å². The second-order valence-corrected chi connectivity index (χ2v) is 10.4. The molecule has 2 aromatic heterocycles. The van der Waals surface area contributed by atoms with Gasteiger partial charge < -0.3 is 25.3 Å². The van der Waals surface area contributed by atoms with Gasteiger partial charge in [0, 0.05) is 36.6 Å². The molecule has 42 heavy (non-hydrogen) atoms. The Hall–Kier alpha value is -4.18. The van der Waals surface area contributed by atoms with Crippen molar-refractivity contribution in [1.82, 2.24) is 24.6 Å². The Morgan fingerprint density at radius 2 is 1.43 bits per heavy atom. The molecule has 3 aromatic rings. The smallest absolute Gasteiger partial charge is 0.414 e. The summed E-state index contributed by atoms with van der Waals surface area (Å²) in [5.74, 6) is -5.70. The third kappa shape index (κ3) is 9.44. The third-order valence-electron chi connectivity index (χ3n) is 5.90. The van der Waals surface area contributed by atoms with Gasteiger partial charge in [-0.15, -0.1) is 21.5 Å². The van der Waals surface area contributed by atoms with Crippen LogP contribution in [-0.2, 0) is 32.1 Å². The first-order valence-electron chi connectivity index (χ1n) is 12.4. The van der Waals surface area contributed by atoms with E-state index in [0.717, 1.165) is 54.1 Å². The lowest BCUT2D eigenvalue weighted by atomic mass is 10.0. The standard InChI is InChI=1S/C22H26ClN5OS.2C2H2O4/c1-4-16-13-18(21(29)17-7-5-6-8-19(17)23)22(30-16)28-15(2)24-25-20(28)14-27-11-9-26(3)10-12-27;2*3-1(4)2(5)6/h5-8,13H,4,9-12,14H2,1-3H3;2*(H,3,4)(H,5,6). The van der Waals surface area contributed by atoms with Crippen LogP contribution in [-0.4, -0.2) is 108 Å². The SMILES string of the molecule is CCc1cc(C(=O)c2ccccc2Cl)c(-n2c(C)nnc2CN2CCN(C)CC2)s1.O=C(O)C(=O)O.O=C(O)C(=O)O. The number of nitrogens with zero attached hydrogens (tertiary/aromatic N) is 5. The molecule has 0 amide bonds. The van der Waals surface area contributed by atoms with Crippen molar-refractivity contribution in [1.29, 1.82) is 0 Å². The predicted octanol–water partition coefficient (Wildman–Crippen LogP) is 2.14. The normalized spacial score (nSPS) is 13.2. The molecule has 14 nitrogen and oxygen atoms in total. The maximum absolute atomic E-state index is 13.4. The van der Waals surface area contributed by atoms with Gasteiger partial charge in [-0.05, 0) is 38.6 Å². The van der Waals surface area contributed by atoms with Crippen LogP contribution in [0.3, 0.4) is 0 Å². The molecule has 4 rings (SSSR count). The molecule has 0 radical (unpaired) electrons. The van der Waals surface area contributed by atoms with E-state index in [9.17, 15) is 4.79 Å². The van der Waals surface area contributed by atoms with Gasteiger partial charge in [-0.1, -0.05) is 30.7 Å². The number of thiophene rings is 1. The number of carboxylic acids is 4. The molecular weight excluding hydrogens is 594 g/mol. The van der Waals surface area contributed by atoms with Crippen LogP contribution < -0.4 is 0 Å². The molecule has 226 valence electrons. The van der Waals surface area contributed by atoms with Crippen LogP contribution in [0.15, 0.2) is 30.3 Å². The van der Waals surface area contributed by atoms with E-state index in [1.165, 1.54) is 0 Å². The zero-order valence-corrected chi connectivity index (χ0v) is 24.6. The number of rotatable bonds is 6. The number of carbonyl (C=O) groups is 5. The van der Waals surface area contributed by atoms with Crippen molar-refractivity contribution < 1.29 is 44.4 Å². The fourth-order valence-corrected chi connectivity index (χ4v) is 5.08. The van der Waals surface area contributed by atoms with Crippen LogP contribution in [0.5, 0.6) is 0 Å². The fourth-order valence-electron chi connectivity index (χ4n) is 3.70. The first-order chi connectivity index (χ1) is 19.8. The molecule has 4 N–H and O–H groups in total. The van der Waals surface area contributed by atoms with Crippen LogP contribution >= 0.6 is 22.9 Å². The van der Waals surface area contributed by atoms with Gasteiger partial charge in [-0.25, -0.2) is 19.2 Å². The summed E-state index contributed by atoms with van der Waals surface area (Å²) in [5.41, 5.74) is 1.18. The van der Waals surface area contributed by atoms with Crippen LogP contribution in [0.25, 0.3) is 5.00 Å². The van der Waals surface area contributed by atoms with Crippen LogP contribution in [0, 0.1) is 6.92 Å². The fraction of sp³-hybridized carbons (Fsp3) is 0.346. The maximum atomic E-state index is 13.4. The largest absolute Gasteiger partial charge is 0.473 e. The Balaban J connectivity index is 0.000000434. The van der Waals surface area contributed by atoms with E-state index in [1.54, 1.807) is 23.5 Å². The zero-order chi connectivity index (χ0) is 31.6. The topological polar surface area (TPSA) is 203 Å². The Kier molecular flexibility index (Phi) is 12.7. The van der Waals surface area contributed by atoms with Crippen molar-refractivity contribution in [3.63, 3.8) is 0 Å². The van der Waals surface area contributed by atoms with E-state index < -0.39 is 23.9 Å². The van der Waals surface area contributed by atoms with Gasteiger partial charge in [0.2, 0.25) is 0 Å². The summed E-state index contributed by atoms with van der Waals surface area (Å²) >= 11 is 7.96. The van der Waals surface area contributed by atoms with E-state index in [1.807, 2.05) is 29.7 Å². The van der Waals surface area contributed by atoms with E-state index in [0.29, 0.717) is 22.7 Å². The Morgan fingerprint density at radius 3 is 1.93 bits per heavy atom. The molecule has 1 aliphatic rings. The summed E-state index contributed by atoms with van der Waals surface area (Å²) in [7, 11) is 2.15. The van der Waals surface area contributed by atoms with Crippen molar-refractivity contribution in [2.75, 3.05) is 33.2 Å². The number of halogens is 1. The average Bonchev–Trinajstić information content (AvgIpc) is 3.53. The molecule has 0 aliphatic carbocycles. The number of aliphatic carboxylic acids is 4. The lowest BCUT2D eigenvalue weighted by Crippen LogP contribution is -2.44. The predicted molar refractivity (Wildman–Crippen MR) is 152 cm³/mol. The van der Waals surface area contributed by atoms with Gasteiger partial charge in [-0.3, -0.25) is 14.3 Å². The Labute approximate surface area is 249 Å². The number of hydrogen-bond donors (Lipinski definition) is 4. The Bertz CT molecular complexity index is 1400. The number of ketones is 1. The number of aryl methyl sites for hydroxylation is 2. The van der Waals surface area contributed by atoms with Gasteiger partial charge in [0.25, 0.3) is 0 Å². The lowest BCUT2D eigenvalue weighted by molar-refractivity contribution is -0.159. The molecule has 0 bridgehead atoms. The highest BCUT2D eigenvalue weighted by Gasteiger charge is 2.25. The van der Waals surface area contributed by atoms with Crippen LogP contribution in [0.2, 0.25) is 5.02 Å². The first-order valence-corrected chi connectivity index (χ1v) is 13.6. The minimum absolute atomic E-state index is 0.0646. The molecule has 1 fully saturated rings. The number of aromatic nitrogens is 3. The zero-order valence-electron chi connectivity index (χ0n) is 23.0. The number of benzene rings is 1. The van der Waals surface area contributed by atoms with Crippen molar-refractivity contribution >= 4 is 52.6 Å². The molecule has 1 saturated heterocycles. The summed E-state index contributed by atoms with van der Waals surface area (Å²) in [6.45, 7) is 8.84. The van der Waals surface area contributed by atoms with Gasteiger partial charge in [0.15, 0.2) is 11.6 Å².